The van der Waals surface area contributed by atoms with E-state index in [1.165, 1.54) is 12.8 Å². The monoisotopic (exact) mass is 242 g/mol. The normalized spacial score (nSPS) is 24.6. The van der Waals surface area contributed by atoms with Crippen LogP contribution in [0.4, 0.5) is 0 Å². The molecule has 1 fully saturated rings. The van der Waals surface area contributed by atoms with E-state index in [1.54, 1.807) is 4.90 Å². The molecule has 1 rings (SSSR count). The van der Waals surface area contributed by atoms with Gasteiger partial charge >= 0.3 is 0 Å². The first-order chi connectivity index (χ1) is 8.13. The van der Waals surface area contributed by atoms with E-state index in [0.29, 0.717) is 31.3 Å². The third-order valence-corrected chi connectivity index (χ3v) is 3.67. The molecular formula is C13H26N2O2. The standard InChI is InChI=1S/C13H26N2O2/c1-15(8-3-9-16)13(17)7-6-11-4-2-5-12(14)10-11/h11-12,16H,2-10,14H2,1H3. The topological polar surface area (TPSA) is 66.6 Å². The summed E-state index contributed by atoms with van der Waals surface area (Å²) in [5.41, 5.74) is 5.93. The van der Waals surface area contributed by atoms with Crippen LogP contribution in [0.5, 0.6) is 0 Å². The number of aliphatic hydroxyl groups excluding tert-OH is 1. The molecule has 17 heavy (non-hydrogen) atoms. The second-order valence-corrected chi connectivity index (χ2v) is 5.22. The van der Waals surface area contributed by atoms with Crippen LogP contribution in [-0.4, -0.2) is 42.2 Å². The molecule has 1 aliphatic carbocycles. The summed E-state index contributed by atoms with van der Waals surface area (Å²) in [5, 5.41) is 8.71. The maximum absolute atomic E-state index is 11.8. The number of nitrogens with zero attached hydrogens (tertiary/aromatic N) is 1. The molecule has 0 saturated heterocycles. The first kappa shape index (κ1) is 14.5. The Hall–Kier alpha value is -0.610. The van der Waals surface area contributed by atoms with Crippen molar-refractivity contribution in [2.45, 2.75) is 51.0 Å². The molecule has 0 aliphatic heterocycles. The molecule has 1 aliphatic rings. The Bertz CT molecular complexity index is 233. The van der Waals surface area contributed by atoms with Crippen molar-refractivity contribution in [2.75, 3.05) is 20.2 Å². The van der Waals surface area contributed by atoms with Crippen LogP contribution in [0, 0.1) is 5.92 Å². The van der Waals surface area contributed by atoms with E-state index >= 15 is 0 Å². The molecule has 0 spiro atoms. The van der Waals surface area contributed by atoms with Gasteiger partial charge in [-0.25, -0.2) is 0 Å². The average molecular weight is 242 g/mol. The number of hydrogen-bond donors (Lipinski definition) is 2. The fraction of sp³-hybridized carbons (Fsp3) is 0.923. The van der Waals surface area contributed by atoms with Crippen LogP contribution in [0.3, 0.4) is 0 Å². The SMILES string of the molecule is CN(CCCO)C(=O)CCC1CCCC(N)C1. The fourth-order valence-electron chi connectivity index (χ4n) is 2.55. The van der Waals surface area contributed by atoms with Crippen molar-refractivity contribution in [1.82, 2.24) is 4.90 Å². The quantitative estimate of drug-likeness (QED) is 0.733. The predicted octanol–water partition coefficient (Wildman–Crippen LogP) is 1.12. The van der Waals surface area contributed by atoms with Crippen molar-refractivity contribution >= 4 is 5.91 Å². The minimum atomic E-state index is 0.148. The lowest BCUT2D eigenvalue weighted by Gasteiger charge is -2.27. The highest BCUT2D eigenvalue weighted by atomic mass is 16.3. The lowest BCUT2D eigenvalue weighted by Crippen LogP contribution is -2.30. The molecule has 100 valence electrons. The predicted molar refractivity (Wildman–Crippen MR) is 68.5 cm³/mol. The van der Waals surface area contributed by atoms with Gasteiger partial charge in [0.25, 0.3) is 0 Å². The molecular weight excluding hydrogens is 216 g/mol. The Kier molecular flexibility index (Phi) is 6.52. The molecule has 0 aromatic rings. The van der Waals surface area contributed by atoms with E-state index in [0.717, 1.165) is 19.3 Å². The van der Waals surface area contributed by atoms with Gasteiger partial charge in [0.05, 0.1) is 0 Å². The van der Waals surface area contributed by atoms with Gasteiger partial charge in [-0.15, -0.1) is 0 Å². The van der Waals surface area contributed by atoms with Crippen LogP contribution in [0.1, 0.15) is 44.9 Å². The lowest BCUT2D eigenvalue weighted by atomic mass is 9.83. The number of aliphatic hydroxyl groups is 1. The van der Waals surface area contributed by atoms with Crippen molar-refractivity contribution < 1.29 is 9.90 Å². The molecule has 2 unspecified atom stereocenters. The van der Waals surface area contributed by atoms with Gasteiger partial charge in [-0.2, -0.15) is 0 Å². The Balaban J connectivity index is 2.18. The number of nitrogens with two attached hydrogens (primary N) is 1. The second-order valence-electron chi connectivity index (χ2n) is 5.22. The first-order valence-corrected chi connectivity index (χ1v) is 6.74. The largest absolute Gasteiger partial charge is 0.396 e. The number of rotatable bonds is 6. The van der Waals surface area contributed by atoms with Crippen molar-refractivity contribution in [1.29, 1.82) is 0 Å². The summed E-state index contributed by atoms with van der Waals surface area (Å²) >= 11 is 0. The van der Waals surface area contributed by atoms with Gasteiger partial charge in [0, 0.05) is 32.7 Å². The second kappa shape index (κ2) is 7.67. The Morgan fingerprint density at radius 3 is 2.88 bits per heavy atom. The van der Waals surface area contributed by atoms with Crippen molar-refractivity contribution in [3.8, 4) is 0 Å². The fourth-order valence-corrected chi connectivity index (χ4v) is 2.55. The molecule has 0 aromatic carbocycles. The smallest absolute Gasteiger partial charge is 0.222 e. The molecule has 4 heteroatoms. The summed E-state index contributed by atoms with van der Waals surface area (Å²) in [7, 11) is 1.81. The van der Waals surface area contributed by atoms with E-state index in [4.69, 9.17) is 10.8 Å². The number of carbonyl (C=O) groups excluding carboxylic acids is 1. The Labute approximate surface area is 104 Å². The third kappa shape index (κ3) is 5.50. The molecule has 0 bridgehead atoms. The highest BCUT2D eigenvalue weighted by Gasteiger charge is 2.20. The first-order valence-electron chi connectivity index (χ1n) is 6.74. The highest BCUT2D eigenvalue weighted by molar-refractivity contribution is 5.75. The van der Waals surface area contributed by atoms with E-state index in [-0.39, 0.29) is 12.5 Å². The van der Waals surface area contributed by atoms with Gasteiger partial charge in [0.15, 0.2) is 0 Å². The van der Waals surface area contributed by atoms with Gasteiger partial charge < -0.3 is 15.7 Å². The molecule has 0 aromatic heterocycles. The minimum Gasteiger partial charge on any atom is -0.396 e. The minimum absolute atomic E-state index is 0.148. The zero-order chi connectivity index (χ0) is 12.7. The summed E-state index contributed by atoms with van der Waals surface area (Å²) in [5.74, 6) is 0.825. The van der Waals surface area contributed by atoms with Gasteiger partial charge in [0.2, 0.25) is 5.91 Å². The van der Waals surface area contributed by atoms with Crippen LogP contribution in [0.2, 0.25) is 0 Å². The zero-order valence-corrected chi connectivity index (χ0v) is 10.9. The molecule has 1 saturated carbocycles. The van der Waals surface area contributed by atoms with Gasteiger partial charge in [-0.3, -0.25) is 4.79 Å². The highest BCUT2D eigenvalue weighted by Crippen LogP contribution is 2.26. The van der Waals surface area contributed by atoms with Crippen molar-refractivity contribution in [3.05, 3.63) is 0 Å². The maximum atomic E-state index is 11.8. The summed E-state index contributed by atoms with van der Waals surface area (Å²) in [4.78, 5) is 13.5. The Morgan fingerprint density at radius 1 is 1.47 bits per heavy atom. The summed E-state index contributed by atoms with van der Waals surface area (Å²) in [6.45, 7) is 0.800. The summed E-state index contributed by atoms with van der Waals surface area (Å²) in [6.07, 6.45) is 6.90. The van der Waals surface area contributed by atoms with E-state index in [9.17, 15) is 4.79 Å². The molecule has 3 N–H and O–H groups in total. The zero-order valence-electron chi connectivity index (χ0n) is 10.9. The van der Waals surface area contributed by atoms with Gasteiger partial charge in [0.1, 0.15) is 0 Å². The number of hydrogen-bond acceptors (Lipinski definition) is 3. The summed E-state index contributed by atoms with van der Waals surface area (Å²) < 4.78 is 0. The van der Waals surface area contributed by atoms with E-state index < -0.39 is 0 Å². The van der Waals surface area contributed by atoms with E-state index in [2.05, 4.69) is 0 Å². The van der Waals surface area contributed by atoms with Crippen LogP contribution in [0.15, 0.2) is 0 Å². The van der Waals surface area contributed by atoms with Crippen molar-refractivity contribution in [3.63, 3.8) is 0 Å². The van der Waals surface area contributed by atoms with Gasteiger partial charge in [-0.1, -0.05) is 12.8 Å². The Morgan fingerprint density at radius 2 is 2.24 bits per heavy atom. The average Bonchev–Trinajstić information content (AvgIpc) is 2.33. The molecule has 1 amide bonds. The molecule has 0 heterocycles. The van der Waals surface area contributed by atoms with Crippen molar-refractivity contribution in [2.24, 2.45) is 11.7 Å². The number of amides is 1. The lowest BCUT2D eigenvalue weighted by molar-refractivity contribution is -0.130. The molecule has 2 atom stereocenters. The summed E-state index contributed by atoms with van der Waals surface area (Å²) in [6, 6.07) is 0.343. The van der Waals surface area contributed by atoms with Crippen LogP contribution < -0.4 is 5.73 Å². The van der Waals surface area contributed by atoms with Crippen LogP contribution >= 0.6 is 0 Å². The third-order valence-electron chi connectivity index (χ3n) is 3.67. The molecule has 4 nitrogen and oxygen atoms in total. The number of carbonyl (C=O) groups is 1. The maximum Gasteiger partial charge on any atom is 0.222 e. The van der Waals surface area contributed by atoms with Gasteiger partial charge in [-0.05, 0) is 31.6 Å². The van der Waals surface area contributed by atoms with E-state index in [1.807, 2.05) is 7.05 Å². The van der Waals surface area contributed by atoms with Crippen LogP contribution in [0.25, 0.3) is 0 Å². The van der Waals surface area contributed by atoms with Crippen LogP contribution in [-0.2, 0) is 4.79 Å². The molecule has 0 radical (unpaired) electrons.